The summed E-state index contributed by atoms with van der Waals surface area (Å²) in [6.45, 7) is 0. The molecule has 1 aromatic carbocycles. The van der Waals surface area contributed by atoms with Crippen LogP contribution in [0.15, 0.2) is 24.3 Å². The van der Waals surface area contributed by atoms with E-state index in [2.05, 4.69) is 12.1 Å². The van der Waals surface area contributed by atoms with Gasteiger partial charge >= 0.3 is 0 Å². The lowest BCUT2D eigenvalue weighted by Gasteiger charge is -2.01. The van der Waals surface area contributed by atoms with E-state index in [9.17, 15) is 0 Å². The van der Waals surface area contributed by atoms with Crippen molar-refractivity contribution in [3.63, 3.8) is 0 Å². The topological polar surface area (TPSA) is 9.23 Å². The number of hydrogen-bond acceptors (Lipinski definition) is 1. The van der Waals surface area contributed by atoms with Crippen molar-refractivity contribution in [1.82, 2.24) is 0 Å². The maximum Gasteiger partial charge on any atom is 0.118 e. The zero-order valence-electron chi connectivity index (χ0n) is 7.66. The second kappa shape index (κ2) is 3.59. The predicted molar refractivity (Wildman–Crippen MR) is 54.6 cm³/mol. The monoisotopic (exact) mass is 196 g/mol. The molecule has 0 saturated heterocycles. The highest BCUT2D eigenvalue weighted by atomic mass is 35.5. The Hall–Kier alpha value is -0.690. The fourth-order valence-electron chi connectivity index (χ4n) is 1.68. The lowest BCUT2D eigenvalue weighted by molar-refractivity contribution is 0.414. The number of ether oxygens (including phenoxy) is 1. The molecule has 2 atom stereocenters. The molecule has 1 aliphatic rings. The van der Waals surface area contributed by atoms with Crippen molar-refractivity contribution in [2.75, 3.05) is 13.0 Å². The van der Waals surface area contributed by atoms with Gasteiger partial charge in [-0.1, -0.05) is 12.1 Å². The third-order valence-electron chi connectivity index (χ3n) is 2.66. The third-order valence-corrected chi connectivity index (χ3v) is 3.06. The molecule has 70 valence electrons. The van der Waals surface area contributed by atoms with Gasteiger partial charge in [0.05, 0.1) is 7.11 Å². The molecule has 0 bridgehead atoms. The van der Waals surface area contributed by atoms with Gasteiger partial charge in [0.2, 0.25) is 0 Å². The van der Waals surface area contributed by atoms with E-state index in [4.69, 9.17) is 16.3 Å². The van der Waals surface area contributed by atoms with Gasteiger partial charge < -0.3 is 4.74 Å². The minimum Gasteiger partial charge on any atom is -0.497 e. The van der Waals surface area contributed by atoms with Crippen molar-refractivity contribution < 1.29 is 4.74 Å². The largest absolute Gasteiger partial charge is 0.497 e. The lowest BCUT2D eigenvalue weighted by Crippen LogP contribution is -1.86. The number of hydrogen-bond donors (Lipinski definition) is 0. The molecule has 1 aromatic rings. The molecule has 13 heavy (non-hydrogen) atoms. The molecule has 2 rings (SSSR count). The molecular formula is C11H13ClO. The van der Waals surface area contributed by atoms with Crippen molar-refractivity contribution in [3.05, 3.63) is 29.8 Å². The highest BCUT2D eigenvalue weighted by Crippen LogP contribution is 2.48. The van der Waals surface area contributed by atoms with Crippen LogP contribution in [-0.2, 0) is 0 Å². The fourth-order valence-corrected chi connectivity index (χ4v) is 2.02. The number of alkyl halides is 1. The molecule has 1 fully saturated rings. The molecule has 1 nitrogen and oxygen atoms in total. The van der Waals surface area contributed by atoms with Gasteiger partial charge in [-0.2, -0.15) is 0 Å². The molecule has 2 heteroatoms. The summed E-state index contributed by atoms with van der Waals surface area (Å²) in [6, 6.07) is 8.30. The Labute approximate surface area is 83.7 Å². The van der Waals surface area contributed by atoms with Crippen molar-refractivity contribution in [2.45, 2.75) is 12.3 Å². The normalized spacial score (nSPS) is 25.7. The van der Waals surface area contributed by atoms with Gasteiger partial charge in [0.1, 0.15) is 5.75 Å². The molecule has 0 amide bonds. The van der Waals surface area contributed by atoms with Crippen LogP contribution in [0.2, 0.25) is 0 Å². The minimum atomic E-state index is 0.698. The predicted octanol–water partition coefficient (Wildman–Crippen LogP) is 3.04. The third kappa shape index (κ3) is 1.80. The van der Waals surface area contributed by atoms with Gasteiger partial charge in [-0.15, -0.1) is 11.6 Å². The van der Waals surface area contributed by atoms with Crippen LogP contribution in [0.25, 0.3) is 0 Å². The first-order valence-electron chi connectivity index (χ1n) is 4.55. The Bertz CT molecular complexity index is 281. The van der Waals surface area contributed by atoms with Crippen LogP contribution in [0.4, 0.5) is 0 Å². The quantitative estimate of drug-likeness (QED) is 0.676. The summed E-state index contributed by atoms with van der Waals surface area (Å²) in [5, 5.41) is 0. The number of methoxy groups -OCH3 is 1. The Morgan fingerprint density at radius 2 is 2.08 bits per heavy atom. The maximum atomic E-state index is 5.78. The molecule has 0 heterocycles. The molecule has 1 aliphatic carbocycles. The van der Waals surface area contributed by atoms with Gasteiger partial charge in [-0.05, 0) is 36.0 Å². The van der Waals surface area contributed by atoms with E-state index < -0.39 is 0 Å². The van der Waals surface area contributed by atoms with E-state index in [1.807, 2.05) is 12.1 Å². The van der Waals surface area contributed by atoms with E-state index in [1.165, 1.54) is 12.0 Å². The fraction of sp³-hybridized carbons (Fsp3) is 0.455. The van der Waals surface area contributed by atoms with Gasteiger partial charge in [0, 0.05) is 5.88 Å². The highest BCUT2D eigenvalue weighted by molar-refractivity contribution is 6.18. The van der Waals surface area contributed by atoms with Crippen LogP contribution in [0, 0.1) is 5.92 Å². The Morgan fingerprint density at radius 1 is 1.38 bits per heavy atom. The molecule has 0 aromatic heterocycles. The van der Waals surface area contributed by atoms with Crippen LogP contribution in [0.5, 0.6) is 5.75 Å². The summed E-state index contributed by atoms with van der Waals surface area (Å²) in [5.41, 5.74) is 1.39. The zero-order valence-corrected chi connectivity index (χ0v) is 8.42. The molecular weight excluding hydrogens is 184 g/mol. The average molecular weight is 197 g/mol. The number of benzene rings is 1. The average Bonchev–Trinajstić information content (AvgIpc) is 2.97. The van der Waals surface area contributed by atoms with Gasteiger partial charge in [0.15, 0.2) is 0 Å². The van der Waals surface area contributed by atoms with Crippen LogP contribution >= 0.6 is 11.6 Å². The first-order valence-corrected chi connectivity index (χ1v) is 5.08. The summed E-state index contributed by atoms with van der Waals surface area (Å²) < 4.78 is 5.10. The van der Waals surface area contributed by atoms with E-state index in [1.54, 1.807) is 7.11 Å². The maximum absolute atomic E-state index is 5.78. The number of halogens is 1. The van der Waals surface area contributed by atoms with Crippen LogP contribution in [0.1, 0.15) is 17.9 Å². The van der Waals surface area contributed by atoms with E-state index in [-0.39, 0.29) is 0 Å². The highest BCUT2D eigenvalue weighted by Gasteiger charge is 2.37. The summed E-state index contributed by atoms with van der Waals surface area (Å²) in [6.07, 6.45) is 1.25. The van der Waals surface area contributed by atoms with E-state index in [0.29, 0.717) is 11.8 Å². The summed E-state index contributed by atoms with van der Waals surface area (Å²) >= 11 is 5.78. The number of rotatable bonds is 3. The molecule has 0 aliphatic heterocycles. The van der Waals surface area contributed by atoms with Gasteiger partial charge in [0.25, 0.3) is 0 Å². The first-order chi connectivity index (χ1) is 6.35. The lowest BCUT2D eigenvalue weighted by atomic mass is 10.1. The van der Waals surface area contributed by atoms with Crippen LogP contribution in [0.3, 0.4) is 0 Å². The minimum absolute atomic E-state index is 0.698. The second-order valence-electron chi connectivity index (χ2n) is 3.53. The Balaban J connectivity index is 2.07. The smallest absolute Gasteiger partial charge is 0.118 e. The Kier molecular flexibility index (Phi) is 2.45. The van der Waals surface area contributed by atoms with E-state index in [0.717, 1.165) is 11.6 Å². The van der Waals surface area contributed by atoms with Crippen molar-refractivity contribution in [2.24, 2.45) is 5.92 Å². The molecule has 2 unspecified atom stereocenters. The van der Waals surface area contributed by atoms with Crippen LogP contribution < -0.4 is 4.74 Å². The van der Waals surface area contributed by atoms with Crippen molar-refractivity contribution in [3.8, 4) is 5.75 Å². The molecule has 0 spiro atoms. The molecule has 0 radical (unpaired) electrons. The molecule has 0 N–H and O–H groups in total. The summed E-state index contributed by atoms with van der Waals surface area (Å²) in [7, 11) is 1.69. The standard InChI is InChI=1S/C11H13ClO/c1-13-10-4-2-8(3-5-10)11-6-9(11)7-12/h2-5,9,11H,6-7H2,1H3. The van der Waals surface area contributed by atoms with Crippen molar-refractivity contribution >= 4 is 11.6 Å². The van der Waals surface area contributed by atoms with Gasteiger partial charge in [-0.25, -0.2) is 0 Å². The summed E-state index contributed by atoms with van der Waals surface area (Å²) in [4.78, 5) is 0. The van der Waals surface area contributed by atoms with Crippen LogP contribution in [-0.4, -0.2) is 13.0 Å². The summed E-state index contributed by atoms with van der Waals surface area (Å²) in [5.74, 6) is 3.11. The zero-order chi connectivity index (χ0) is 9.26. The van der Waals surface area contributed by atoms with Crippen molar-refractivity contribution in [1.29, 1.82) is 0 Å². The first kappa shape index (κ1) is 8.89. The second-order valence-corrected chi connectivity index (χ2v) is 3.84. The van der Waals surface area contributed by atoms with E-state index >= 15 is 0 Å². The SMILES string of the molecule is COc1ccc(C2CC2CCl)cc1. The van der Waals surface area contributed by atoms with Gasteiger partial charge in [-0.3, -0.25) is 0 Å². The Morgan fingerprint density at radius 3 is 2.54 bits per heavy atom. The molecule has 1 saturated carbocycles.